The van der Waals surface area contributed by atoms with Crippen LogP contribution in [0.4, 0.5) is 0 Å². The van der Waals surface area contributed by atoms with Crippen molar-refractivity contribution in [3.05, 3.63) is 68.7 Å². The first-order valence-electron chi connectivity index (χ1n) is 9.60. The lowest BCUT2D eigenvalue weighted by Crippen LogP contribution is -2.34. The highest BCUT2D eigenvalue weighted by Crippen LogP contribution is 2.60. The molecular weight excluding hydrogens is 374 g/mol. The van der Waals surface area contributed by atoms with Gasteiger partial charge in [0.25, 0.3) is 5.56 Å². The number of rotatable bonds is 3. The highest BCUT2D eigenvalue weighted by molar-refractivity contribution is 6.31. The number of amides is 1. The largest absolute Gasteiger partial charge is 0.350 e. The summed E-state index contributed by atoms with van der Waals surface area (Å²) in [6, 6.07) is 7.97. The Morgan fingerprint density at radius 2 is 2.14 bits per heavy atom. The number of H-pyrrole nitrogens is 1. The summed E-state index contributed by atoms with van der Waals surface area (Å²) >= 11 is 6.43. The molecule has 1 N–H and O–H groups in total. The van der Waals surface area contributed by atoms with Gasteiger partial charge in [0.05, 0.1) is 17.3 Å². The number of likely N-dealkylation sites (tertiary alicyclic amines) is 1. The van der Waals surface area contributed by atoms with E-state index in [0.29, 0.717) is 17.8 Å². The topological polar surface area (TPSA) is 58.1 Å². The van der Waals surface area contributed by atoms with Crippen LogP contribution >= 0.6 is 11.6 Å². The summed E-state index contributed by atoms with van der Waals surface area (Å²) in [4.78, 5) is 30.2. The zero-order chi connectivity index (χ0) is 19.6. The van der Waals surface area contributed by atoms with Gasteiger partial charge in [-0.05, 0) is 42.0 Å². The van der Waals surface area contributed by atoms with Gasteiger partial charge in [0.1, 0.15) is 0 Å². The number of nitrogens with zero attached hydrogens (tertiary/aromatic N) is 2. The van der Waals surface area contributed by atoms with Gasteiger partial charge in [-0.15, -0.1) is 0 Å². The standard InChI is InChI=1S/C22H22ClN3O2/c1-13-9-24-21(28)19-14(10-25(2)20(13)19)7-18(27)26-11-15-8-22(15,12-26)16-5-3-4-6-17(16)23/h3-6,9-10,15H,7-8,11-12H2,1-2H3,(H,24,28). The quantitative estimate of drug-likeness (QED) is 0.740. The molecule has 2 aromatic heterocycles. The van der Waals surface area contributed by atoms with Gasteiger partial charge in [-0.3, -0.25) is 9.59 Å². The lowest BCUT2D eigenvalue weighted by atomic mass is 9.95. The van der Waals surface area contributed by atoms with E-state index >= 15 is 0 Å². The molecule has 0 bridgehead atoms. The van der Waals surface area contributed by atoms with Crippen molar-refractivity contribution in [1.29, 1.82) is 0 Å². The van der Waals surface area contributed by atoms with Gasteiger partial charge >= 0.3 is 0 Å². The Morgan fingerprint density at radius 3 is 2.93 bits per heavy atom. The molecule has 1 aliphatic carbocycles. The predicted octanol–water partition coefficient (Wildman–Crippen LogP) is 3.17. The number of carbonyl (C=O) groups is 1. The number of hydrogen-bond donors (Lipinski definition) is 1. The number of fused-ring (bicyclic) bond motifs is 2. The first-order valence-corrected chi connectivity index (χ1v) is 9.97. The van der Waals surface area contributed by atoms with Crippen molar-refractivity contribution in [3.63, 3.8) is 0 Å². The molecule has 2 unspecified atom stereocenters. The monoisotopic (exact) mass is 395 g/mol. The third-order valence-corrected chi connectivity index (χ3v) is 6.86. The number of halogens is 1. The SMILES string of the molecule is Cc1c[nH]c(=O)c2c(CC(=O)N3CC4CC4(c4ccccc4Cl)C3)cn(C)c12. The minimum absolute atomic E-state index is 0.0147. The van der Waals surface area contributed by atoms with Gasteiger partial charge in [-0.25, -0.2) is 0 Å². The maximum atomic E-state index is 13.1. The van der Waals surface area contributed by atoms with Crippen LogP contribution in [0.25, 0.3) is 10.9 Å². The molecular formula is C22H22ClN3O2. The molecule has 3 heterocycles. The first kappa shape index (κ1) is 17.6. The van der Waals surface area contributed by atoms with Crippen molar-refractivity contribution in [3.8, 4) is 0 Å². The molecule has 1 amide bonds. The molecule has 5 nitrogen and oxygen atoms in total. The van der Waals surface area contributed by atoms with E-state index in [2.05, 4.69) is 11.1 Å². The average molecular weight is 396 g/mol. The Balaban J connectivity index is 1.41. The Morgan fingerprint density at radius 1 is 1.36 bits per heavy atom. The third kappa shape index (κ3) is 2.46. The molecule has 28 heavy (non-hydrogen) atoms. The molecule has 5 rings (SSSR count). The Labute approximate surface area is 167 Å². The van der Waals surface area contributed by atoms with Crippen LogP contribution in [0.5, 0.6) is 0 Å². The van der Waals surface area contributed by atoms with E-state index in [4.69, 9.17) is 11.6 Å². The van der Waals surface area contributed by atoms with Crippen molar-refractivity contribution in [1.82, 2.24) is 14.5 Å². The highest BCUT2D eigenvalue weighted by Gasteiger charge is 2.62. The van der Waals surface area contributed by atoms with Crippen molar-refractivity contribution in [2.24, 2.45) is 13.0 Å². The van der Waals surface area contributed by atoms with Crippen LogP contribution in [0, 0.1) is 12.8 Å². The van der Waals surface area contributed by atoms with Crippen LogP contribution in [0.1, 0.15) is 23.1 Å². The molecule has 1 saturated carbocycles. The maximum absolute atomic E-state index is 13.1. The van der Waals surface area contributed by atoms with Crippen molar-refractivity contribution >= 4 is 28.4 Å². The minimum Gasteiger partial charge on any atom is -0.350 e. The number of benzene rings is 1. The zero-order valence-corrected chi connectivity index (χ0v) is 16.7. The van der Waals surface area contributed by atoms with E-state index < -0.39 is 0 Å². The molecule has 2 fully saturated rings. The van der Waals surface area contributed by atoms with E-state index in [-0.39, 0.29) is 23.3 Å². The Kier molecular flexibility index (Phi) is 3.75. The minimum atomic E-state index is -0.138. The van der Waals surface area contributed by atoms with Gasteiger partial charge < -0.3 is 14.5 Å². The highest BCUT2D eigenvalue weighted by atomic mass is 35.5. The molecule has 0 radical (unpaired) electrons. The van der Waals surface area contributed by atoms with E-state index in [1.165, 1.54) is 0 Å². The smallest absolute Gasteiger partial charge is 0.257 e. The molecule has 1 aromatic carbocycles. The van der Waals surface area contributed by atoms with Crippen LogP contribution in [0.3, 0.4) is 0 Å². The van der Waals surface area contributed by atoms with Gasteiger partial charge in [0, 0.05) is 43.0 Å². The van der Waals surface area contributed by atoms with Crippen molar-refractivity contribution in [2.75, 3.05) is 13.1 Å². The van der Waals surface area contributed by atoms with E-state index in [1.54, 1.807) is 6.20 Å². The normalized spacial score (nSPS) is 23.2. The molecule has 2 atom stereocenters. The number of pyridine rings is 1. The second-order valence-electron chi connectivity index (χ2n) is 8.28. The summed E-state index contributed by atoms with van der Waals surface area (Å²) in [5, 5.41) is 1.41. The predicted molar refractivity (Wildman–Crippen MR) is 110 cm³/mol. The Bertz CT molecular complexity index is 1180. The fourth-order valence-corrected chi connectivity index (χ4v) is 5.42. The zero-order valence-electron chi connectivity index (χ0n) is 16.0. The number of aromatic nitrogens is 2. The second-order valence-corrected chi connectivity index (χ2v) is 8.68. The third-order valence-electron chi connectivity index (χ3n) is 6.53. The summed E-state index contributed by atoms with van der Waals surface area (Å²) in [6.07, 6.45) is 4.96. The average Bonchev–Trinajstić information content (AvgIpc) is 3.05. The number of carbonyl (C=O) groups excluding carboxylic acids is 1. The van der Waals surface area contributed by atoms with Crippen molar-refractivity contribution in [2.45, 2.75) is 25.2 Å². The van der Waals surface area contributed by atoms with Crippen LogP contribution < -0.4 is 5.56 Å². The van der Waals surface area contributed by atoms with E-state index in [9.17, 15) is 9.59 Å². The van der Waals surface area contributed by atoms with E-state index in [1.807, 2.05) is 47.8 Å². The number of hydrogen-bond acceptors (Lipinski definition) is 2. The first-order chi connectivity index (χ1) is 13.4. The van der Waals surface area contributed by atoms with Gasteiger partial charge in [0.2, 0.25) is 5.91 Å². The van der Waals surface area contributed by atoms with Crippen molar-refractivity contribution < 1.29 is 4.79 Å². The maximum Gasteiger partial charge on any atom is 0.257 e. The fourth-order valence-electron chi connectivity index (χ4n) is 5.10. The molecule has 144 valence electrons. The van der Waals surface area contributed by atoms with Crippen LogP contribution in [0.2, 0.25) is 5.02 Å². The lowest BCUT2D eigenvalue weighted by Gasteiger charge is -2.22. The Hall–Kier alpha value is -2.53. The van der Waals surface area contributed by atoms with Gasteiger partial charge in [-0.1, -0.05) is 29.8 Å². The van der Waals surface area contributed by atoms with Crippen LogP contribution in [0.15, 0.2) is 41.5 Å². The number of nitrogens with one attached hydrogen (secondary N) is 1. The molecule has 1 aliphatic heterocycles. The summed E-state index contributed by atoms with van der Waals surface area (Å²) < 4.78 is 1.94. The summed E-state index contributed by atoms with van der Waals surface area (Å²) in [5.74, 6) is 0.557. The summed E-state index contributed by atoms with van der Waals surface area (Å²) in [6.45, 7) is 3.44. The molecule has 0 spiro atoms. The molecule has 1 saturated heterocycles. The lowest BCUT2D eigenvalue weighted by molar-refractivity contribution is -0.130. The van der Waals surface area contributed by atoms with Gasteiger partial charge in [0.15, 0.2) is 0 Å². The summed E-state index contributed by atoms with van der Waals surface area (Å²) in [7, 11) is 1.92. The van der Waals surface area contributed by atoms with Gasteiger partial charge in [-0.2, -0.15) is 0 Å². The number of aryl methyl sites for hydroxylation is 2. The molecule has 6 heteroatoms. The number of piperidine rings is 1. The summed E-state index contributed by atoms with van der Waals surface area (Å²) in [5.41, 5.74) is 3.72. The van der Waals surface area contributed by atoms with Crippen LogP contribution in [-0.2, 0) is 23.7 Å². The second kappa shape index (κ2) is 5.98. The molecule has 3 aromatic rings. The molecule has 2 aliphatic rings. The van der Waals surface area contributed by atoms with Crippen LogP contribution in [-0.4, -0.2) is 33.4 Å². The number of aromatic amines is 1. The fraction of sp³-hybridized carbons (Fsp3) is 0.364. The van der Waals surface area contributed by atoms with E-state index in [0.717, 1.165) is 40.2 Å².